The van der Waals surface area contributed by atoms with Crippen molar-refractivity contribution < 1.29 is 0 Å². The Morgan fingerprint density at radius 1 is 1.50 bits per heavy atom. The number of nitrogens with zero attached hydrogens (tertiary/aromatic N) is 2. The van der Waals surface area contributed by atoms with Gasteiger partial charge in [0.15, 0.2) is 0 Å². The maximum atomic E-state index is 4.38. The zero-order chi connectivity index (χ0) is 10.6. The Labute approximate surface area is 92.1 Å². The minimum Gasteiger partial charge on any atom is -0.334 e. The maximum Gasteiger partial charge on any atom is 0.111 e. The van der Waals surface area contributed by atoms with Crippen molar-refractivity contribution >= 4 is 12.6 Å². The van der Waals surface area contributed by atoms with Gasteiger partial charge >= 0.3 is 0 Å². The Balaban J connectivity index is 2.70. The van der Waals surface area contributed by atoms with Crippen LogP contribution in [0.15, 0.2) is 12.4 Å². The first-order valence-electron chi connectivity index (χ1n) is 5.30. The molecule has 0 spiro atoms. The lowest BCUT2D eigenvalue weighted by atomic mass is 10.1. The second-order valence-corrected chi connectivity index (χ2v) is 4.41. The first-order chi connectivity index (χ1) is 6.69. The van der Waals surface area contributed by atoms with Gasteiger partial charge in [0.25, 0.3) is 0 Å². The monoisotopic (exact) mass is 212 g/mol. The topological polar surface area (TPSA) is 17.8 Å². The number of imidazole rings is 1. The van der Waals surface area contributed by atoms with Crippen LogP contribution in [0.4, 0.5) is 0 Å². The van der Waals surface area contributed by atoms with Gasteiger partial charge in [0.2, 0.25) is 0 Å². The molecule has 0 fully saturated rings. The molecule has 1 aromatic rings. The first-order valence-corrected chi connectivity index (χ1v) is 5.94. The number of thiol groups is 1. The van der Waals surface area contributed by atoms with Crippen molar-refractivity contribution in [2.75, 3.05) is 5.75 Å². The molecule has 0 aliphatic carbocycles. The van der Waals surface area contributed by atoms with Crippen LogP contribution in [0.3, 0.4) is 0 Å². The largest absolute Gasteiger partial charge is 0.334 e. The Hall–Kier alpha value is -0.440. The maximum absolute atomic E-state index is 4.38. The molecule has 0 saturated carbocycles. The van der Waals surface area contributed by atoms with Gasteiger partial charge in [-0.1, -0.05) is 27.2 Å². The molecule has 2 nitrogen and oxygen atoms in total. The van der Waals surface area contributed by atoms with E-state index in [0.717, 1.165) is 12.3 Å². The fourth-order valence-electron chi connectivity index (χ4n) is 1.57. The van der Waals surface area contributed by atoms with Gasteiger partial charge in [-0.05, 0) is 11.7 Å². The molecule has 1 heterocycles. The van der Waals surface area contributed by atoms with E-state index in [1.807, 2.05) is 6.20 Å². The van der Waals surface area contributed by atoms with E-state index in [0.29, 0.717) is 11.8 Å². The molecule has 0 saturated heterocycles. The third kappa shape index (κ3) is 2.77. The molecular formula is C11H20N2S. The third-order valence-corrected chi connectivity index (χ3v) is 3.07. The smallest absolute Gasteiger partial charge is 0.111 e. The second kappa shape index (κ2) is 5.44. The van der Waals surface area contributed by atoms with Crippen LogP contribution in [0.25, 0.3) is 0 Å². The number of hydrogen-bond donors (Lipinski definition) is 1. The highest BCUT2D eigenvalue weighted by Crippen LogP contribution is 2.15. The predicted octanol–water partition coefficient (Wildman–Crippen LogP) is 2.96. The van der Waals surface area contributed by atoms with Gasteiger partial charge in [-0.3, -0.25) is 0 Å². The standard InChI is InChI=1S/C11H20N2S/c1-4-10(8-14)7-13-6-5-12-11(13)9(2)3/h5-6,9-10,14H,4,7-8H2,1-3H3. The van der Waals surface area contributed by atoms with Crippen molar-refractivity contribution in [3.63, 3.8) is 0 Å². The fourth-order valence-corrected chi connectivity index (χ4v) is 1.94. The summed E-state index contributed by atoms with van der Waals surface area (Å²) in [4.78, 5) is 4.38. The molecular weight excluding hydrogens is 192 g/mol. The summed E-state index contributed by atoms with van der Waals surface area (Å²) in [5, 5.41) is 0. The first kappa shape index (κ1) is 11.6. The fraction of sp³-hybridized carbons (Fsp3) is 0.727. The SMILES string of the molecule is CCC(CS)Cn1ccnc1C(C)C. The van der Waals surface area contributed by atoms with Gasteiger partial charge in [0.1, 0.15) is 5.82 Å². The van der Waals surface area contributed by atoms with Crippen LogP contribution in [0.2, 0.25) is 0 Å². The highest BCUT2D eigenvalue weighted by molar-refractivity contribution is 7.80. The van der Waals surface area contributed by atoms with Crippen molar-refractivity contribution in [3.05, 3.63) is 18.2 Å². The molecule has 0 radical (unpaired) electrons. The van der Waals surface area contributed by atoms with Crippen molar-refractivity contribution in [2.24, 2.45) is 5.92 Å². The summed E-state index contributed by atoms with van der Waals surface area (Å²) < 4.78 is 2.26. The summed E-state index contributed by atoms with van der Waals surface area (Å²) >= 11 is 4.36. The van der Waals surface area contributed by atoms with Gasteiger partial charge in [-0.25, -0.2) is 4.98 Å². The van der Waals surface area contributed by atoms with Gasteiger partial charge < -0.3 is 4.57 Å². The average Bonchev–Trinajstić information content (AvgIpc) is 2.62. The van der Waals surface area contributed by atoms with Crippen molar-refractivity contribution in [2.45, 2.75) is 39.7 Å². The van der Waals surface area contributed by atoms with Gasteiger partial charge in [0, 0.05) is 24.9 Å². The molecule has 1 aromatic heterocycles. The molecule has 80 valence electrons. The Bertz CT molecular complexity index is 264. The average molecular weight is 212 g/mol. The van der Waals surface area contributed by atoms with Crippen LogP contribution in [0, 0.1) is 5.92 Å². The molecule has 14 heavy (non-hydrogen) atoms. The molecule has 1 rings (SSSR count). The lowest BCUT2D eigenvalue weighted by Gasteiger charge is -2.16. The van der Waals surface area contributed by atoms with Crippen molar-refractivity contribution in [3.8, 4) is 0 Å². The van der Waals surface area contributed by atoms with Gasteiger partial charge in [0.05, 0.1) is 0 Å². The summed E-state index contributed by atoms with van der Waals surface area (Å²) in [6.45, 7) is 7.63. The second-order valence-electron chi connectivity index (χ2n) is 4.05. The Morgan fingerprint density at radius 3 is 2.71 bits per heavy atom. The molecule has 0 amide bonds. The molecule has 0 aliphatic heterocycles. The van der Waals surface area contributed by atoms with Crippen LogP contribution in [0.1, 0.15) is 38.9 Å². The number of aromatic nitrogens is 2. The van der Waals surface area contributed by atoms with E-state index in [9.17, 15) is 0 Å². The summed E-state index contributed by atoms with van der Waals surface area (Å²) in [7, 11) is 0. The predicted molar refractivity (Wildman–Crippen MR) is 64.0 cm³/mol. The van der Waals surface area contributed by atoms with Gasteiger partial charge in [-0.2, -0.15) is 12.6 Å². The number of hydrogen-bond acceptors (Lipinski definition) is 2. The van der Waals surface area contributed by atoms with Crippen LogP contribution in [0.5, 0.6) is 0 Å². The molecule has 0 bridgehead atoms. The van der Waals surface area contributed by atoms with E-state index in [4.69, 9.17) is 0 Å². The third-order valence-electron chi connectivity index (χ3n) is 2.55. The van der Waals surface area contributed by atoms with Crippen LogP contribution in [-0.4, -0.2) is 15.3 Å². The van der Waals surface area contributed by atoms with Crippen LogP contribution >= 0.6 is 12.6 Å². The van der Waals surface area contributed by atoms with E-state index >= 15 is 0 Å². The van der Waals surface area contributed by atoms with E-state index < -0.39 is 0 Å². The molecule has 0 N–H and O–H groups in total. The Morgan fingerprint density at radius 2 is 2.21 bits per heavy atom. The molecule has 0 aliphatic rings. The molecule has 3 heteroatoms. The highest BCUT2D eigenvalue weighted by atomic mass is 32.1. The van der Waals surface area contributed by atoms with Crippen molar-refractivity contribution in [1.29, 1.82) is 0 Å². The normalized spacial score (nSPS) is 13.5. The lowest BCUT2D eigenvalue weighted by molar-refractivity contribution is 0.459. The van der Waals surface area contributed by atoms with E-state index in [2.05, 4.69) is 49.1 Å². The Kier molecular flexibility index (Phi) is 4.52. The zero-order valence-electron chi connectivity index (χ0n) is 9.27. The highest BCUT2D eigenvalue weighted by Gasteiger charge is 2.10. The lowest BCUT2D eigenvalue weighted by Crippen LogP contribution is -2.14. The minimum absolute atomic E-state index is 0.502. The summed E-state index contributed by atoms with van der Waals surface area (Å²) in [6.07, 6.45) is 5.14. The molecule has 1 unspecified atom stereocenters. The van der Waals surface area contributed by atoms with E-state index in [1.165, 1.54) is 12.2 Å². The minimum atomic E-state index is 0.502. The zero-order valence-corrected chi connectivity index (χ0v) is 10.2. The summed E-state index contributed by atoms with van der Waals surface area (Å²) in [5.74, 6) is 3.30. The van der Waals surface area contributed by atoms with Crippen LogP contribution in [-0.2, 0) is 6.54 Å². The quantitative estimate of drug-likeness (QED) is 0.743. The molecule has 1 atom stereocenters. The van der Waals surface area contributed by atoms with Crippen LogP contribution < -0.4 is 0 Å². The van der Waals surface area contributed by atoms with Gasteiger partial charge in [-0.15, -0.1) is 0 Å². The number of rotatable bonds is 5. The van der Waals surface area contributed by atoms with E-state index in [1.54, 1.807) is 0 Å². The summed E-state index contributed by atoms with van der Waals surface area (Å²) in [6, 6.07) is 0. The molecule has 0 aromatic carbocycles. The van der Waals surface area contributed by atoms with E-state index in [-0.39, 0.29) is 0 Å². The van der Waals surface area contributed by atoms with Crippen molar-refractivity contribution in [1.82, 2.24) is 9.55 Å². The summed E-state index contributed by atoms with van der Waals surface area (Å²) in [5.41, 5.74) is 0.